The quantitative estimate of drug-likeness (QED) is 0.391. The maximum absolute atomic E-state index is 13.8. The van der Waals surface area contributed by atoms with Crippen LogP contribution in [-0.4, -0.2) is 28.3 Å². The number of ether oxygens (including phenoxy) is 2. The Labute approximate surface area is 212 Å². The molecular formula is C28H27N3O4S. The lowest BCUT2D eigenvalue weighted by Gasteiger charge is -2.25. The Bertz CT molecular complexity index is 1690. The highest BCUT2D eigenvalue weighted by Crippen LogP contribution is 2.32. The van der Waals surface area contributed by atoms with Crippen LogP contribution in [0.15, 0.2) is 75.8 Å². The van der Waals surface area contributed by atoms with Crippen molar-refractivity contribution >= 4 is 34.3 Å². The van der Waals surface area contributed by atoms with Crippen molar-refractivity contribution in [2.75, 3.05) is 7.11 Å². The van der Waals surface area contributed by atoms with E-state index in [0.29, 0.717) is 26.4 Å². The van der Waals surface area contributed by atoms with Gasteiger partial charge in [0.25, 0.3) is 5.56 Å². The Kier molecular flexibility index (Phi) is 6.14. The fourth-order valence-corrected chi connectivity index (χ4v) is 5.63. The van der Waals surface area contributed by atoms with Crippen LogP contribution in [-0.2, 0) is 16.6 Å². The fraction of sp³-hybridized carbons (Fsp3) is 0.250. The SMILES string of the molecule is COc1ccc(C2C(C(=O)OC(C)C)=C(C)N=c3sc(=Cc4cn(C)c5ccccc45)c(=O)n32)cc1. The molecule has 2 aromatic carbocycles. The summed E-state index contributed by atoms with van der Waals surface area (Å²) in [6.45, 7) is 5.39. The van der Waals surface area contributed by atoms with Crippen LogP contribution in [0, 0.1) is 0 Å². The molecule has 7 nitrogen and oxygen atoms in total. The summed E-state index contributed by atoms with van der Waals surface area (Å²) in [4.78, 5) is 32.3. The lowest BCUT2D eigenvalue weighted by Crippen LogP contribution is -2.40. The van der Waals surface area contributed by atoms with E-state index in [-0.39, 0.29) is 11.7 Å². The second-order valence-electron chi connectivity index (χ2n) is 9.02. The first-order chi connectivity index (χ1) is 17.3. The minimum absolute atomic E-state index is 0.199. The molecule has 184 valence electrons. The lowest BCUT2D eigenvalue weighted by atomic mass is 9.96. The van der Waals surface area contributed by atoms with Crippen molar-refractivity contribution in [1.29, 1.82) is 0 Å². The minimum atomic E-state index is -0.659. The van der Waals surface area contributed by atoms with E-state index in [0.717, 1.165) is 22.0 Å². The normalized spacial score (nSPS) is 15.8. The van der Waals surface area contributed by atoms with E-state index in [1.807, 2.05) is 72.4 Å². The number of hydrogen-bond acceptors (Lipinski definition) is 6. The van der Waals surface area contributed by atoms with Gasteiger partial charge in [0, 0.05) is 29.7 Å². The van der Waals surface area contributed by atoms with Gasteiger partial charge in [-0.25, -0.2) is 9.79 Å². The van der Waals surface area contributed by atoms with Crippen LogP contribution in [0.5, 0.6) is 5.75 Å². The van der Waals surface area contributed by atoms with E-state index in [1.165, 1.54) is 11.3 Å². The first kappa shape index (κ1) is 23.8. The molecule has 0 N–H and O–H groups in total. The number of rotatable bonds is 5. The standard InChI is InChI=1S/C28H27N3O4S/c1-16(2)35-27(33)24-17(3)29-28-31(25(24)18-10-12-20(34-5)13-11-18)26(32)23(36-28)14-19-15-30(4)22-9-7-6-8-21(19)22/h6-16,25H,1-5H3. The number of para-hydroxylation sites is 1. The molecule has 2 aromatic heterocycles. The fourth-order valence-electron chi connectivity index (χ4n) is 4.59. The number of nitrogens with zero attached hydrogens (tertiary/aromatic N) is 3. The largest absolute Gasteiger partial charge is 0.497 e. The van der Waals surface area contributed by atoms with Crippen LogP contribution in [0.1, 0.15) is 37.9 Å². The van der Waals surface area contributed by atoms with E-state index >= 15 is 0 Å². The summed E-state index contributed by atoms with van der Waals surface area (Å²) in [5.41, 5.74) is 3.52. The first-order valence-corrected chi connectivity index (χ1v) is 12.5. The molecule has 36 heavy (non-hydrogen) atoms. The summed E-state index contributed by atoms with van der Waals surface area (Å²) in [6, 6.07) is 14.8. The molecule has 0 bridgehead atoms. The van der Waals surface area contributed by atoms with Crippen LogP contribution in [0.2, 0.25) is 0 Å². The third-order valence-corrected chi connectivity index (χ3v) is 7.21. The Morgan fingerprint density at radius 2 is 1.86 bits per heavy atom. The average molecular weight is 502 g/mol. The number of aromatic nitrogens is 2. The van der Waals surface area contributed by atoms with Gasteiger partial charge in [0.05, 0.1) is 35.1 Å². The smallest absolute Gasteiger partial charge is 0.338 e. The van der Waals surface area contributed by atoms with E-state index in [4.69, 9.17) is 9.47 Å². The maximum Gasteiger partial charge on any atom is 0.338 e. The second kappa shape index (κ2) is 9.28. The molecule has 1 aliphatic heterocycles. The highest BCUT2D eigenvalue weighted by molar-refractivity contribution is 7.07. The van der Waals surface area contributed by atoms with Gasteiger partial charge in [-0.3, -0.25) is 9.36 Å². The van der Waals surface area contributed by atoms with Gasteiger partial charge in [-0.05, 0) is 50.6 Å². The van der Waals surface area contributed by atoms with Crippen molar-refractivity contribution < 1.29 is 14.3 Å². The molecule has 1 unspecified atom stereocenters. The molecule has 0 aliphatic carbocycles. The molecule has 0 fully saturated rings. The van der Waals surface area contributed by atoms with Gasteiger partial charge in [-0.15, -0.1) is 0 Å². The van der Waals surface area contributed by atoms with E-state index in [2.05, 4.69) is 4.99 Å². The third-order valence-electron chi connectivity index (χ3n) is 6.23. The predicted octanol–water partition coefficient (Wildman–Crippen LogP) is 3.69. The molecule has 4 aromatic rings. The van der Waals surface area contributed by atoms with Crippen molar-refractivity contribution in [3.8, 4) is 5.75 Å². The van der Waals surface area contributed by atoms with Gasteiger partial charge < -0.3 is 14.0 Å². The van der Waals surface area contributed by atoms with Crippen LogP contribution in [0.3, 0.4) is 0 Å². The Hall–Kier alpha value is -3.91. The number of carbonyl (C=O) groups excluding carboxylic acids is 1. The van der Waals surface area contributed by atoms with Crippen LogP contribution < -0.4 is 19.6 Å². The molecule has 0 radical (unpaired) electrons. The number of thiazole rings is 1. The number of allylic oxidation sites excluding steroid dienone is 1. The summed E-state index contributed by atoms with van der Waals surface area (Å²) < 4.78 is 15.1. The number of hydrogen-bond donors (Lipinski definition) is 0. The average Bonchev–Trinajstić information content (AvgIpc) is 3.34. The number of esters is 1. The lowest BCUT2D eigenvalue weighted by molar-refractivity contribution is -0.143. The molecule has 0 saturated carbocycles. The molecule has 0 amide bonds. The zero-order valence-electron chi connectivity index (χ0n) is 20.8. The van der Waals surface area contributed by atoms with Gasteiger partial charge >= 0.3 is 5.97 Å². The van der Waals surface area contributed by atoms with Gasteiger partial charge in [0.15, 0.2) is 4.80 Å². The van der Waals surface area contributed by atoms with Crippen LogP contribution >= 0.6 is 11.3 Å². The van der Waals surface area contributed by atoms with E-state index < -0.39 is 12.0 Å². The zero-order chi connectivity index (χ0) is 25.6. The number of carbonyl (C=O) groups is 1. The highest BCUT2D eigenvalue weighted by atomic mass is 32.1. The summed E-state index contributed by atoms with van der Waals surface area (Å²) in [6.07, 6.45) is 3.62. The van der Waals surface area contributed by atoms with Crippen molar-refractivity contribution in [1.82, 2.24) is 9.13 Å². The number of aryl methyl sites for hydroxylation is 1. The van der Waals surface area contributed by atoms with Gasteiger partial charge in [-0.2, -0.15) is 0 Å². The summed E-state index contributed by atoms with van der Waals surface area (Å²) in [5.74, 6) is 0.213. The van der Waals surface area contributed by atoms with Gasteiger partial charge in [0.1, 0.15) is 5.75 Å². The Balaban J connectivity index is 1.73. The van der Waals surface area contributed by atoms with Crippen molar-refractivity contribution in [2.45, 2.75) is 32.9 Å². The van der Waals surface area contributed by atoms with Gasteiger partial charge in [0.2, 0.25) is 0 Å². The number of benzene rings is 2. The second-order valence-corrected chi connectivity index (χ2v) is 10.0. The highest BCUT2D eigenvalue weighted by Gasteiger charge is 2.33. The Morgan fingerprint density at radius 1 is 1.14 bits per heavy atom. The number of fused-ring (bicyclic) bond motifs is 2. The van der Waals surface area contributed by atoms with Crippen molar-refractivity contribution in [3.05, 3.63) is 96.8 Å². The monoisotopic (exact) mass is 501 g/mol. The topological polar surface area (TPSA) is 74.8 Å². The van der Waals surface area contributed by atoms with Crippen LogP contribution in [0.25, 0.3) is 17.0 Å². The van der Waals surface area contributed by atoms with Gasteiger partial charge in [-0.1, -0.05) is 41.7 Å². The molecule has 3 heterocycles. The minimum Gasteiger partial charge on any atom is -0.497 e. The molecule has 8 heteroatoms. The van der Waals surface area contributed by atoms with Crippen molar-refractivity contribution in [2.24, 2.45) is 12.0 Å². The first-order valence-electron chi connectivity index (χ1n) is 11.7. The van der Waals surface area contributed by atoms with E-state index in [1.54, 1.807) is 32.4 Å². The summed E-state index contributed by atoms with van der Waals surface area (Å²) in [5, 5.41) is 1.06. The molecule has 0 spiro atoms. The van der Waals surface area contributed by atoms with E-state index in [9.17, 15) is 9.59 Å². The maximum atomic E-state index is 13.8. The molecule has 1 atom stereocenters. The predicted molar refractivity (Wildman–Crippen MR) is 141 cm³/mol. The molecule has 0 saturated heterocycles. The Morgan fingerprint density at radius 3 is 2.56 bits per heavy atom. The zero-order valence-corrected chi connectivity index (χ0v) is 21.6. The summed E-state index contributed by atoms with van der Waals surface area (Å²) >= 11 is 1.32. The third kappa shape index (κ3) is 4.07. The molecular weight excluding hydrogens is 474 g/mol. The molecule has 1 aliphatic rings. The van der Waals surface area contributed by atoms with Crippen molar-refractivity contribution in [3.63, 3.8) is 0 Å². The molecule has 5 rings (SSSR count). The summed E-state index contributed by atoms with van der Waals surface area (Å²) in [7, 11) is 3.59. The number of methoxy groups -OCH3 is 1. The van der Waals surface area contributed by atoms with Crippen LogP contribution in [0.4, 0.5) is 0 Å².